The lowest BCUT2D eigenvalue weighted by Gasteiger charge is -2.13. The average Bonchev–Trinajstić information content (AvgIpc) is 2.54. The zero-order chi connectivity index (χ0) is 17.0. The van der Waals surface area contributed by atoms with Crippen molar-refractivity contribution < 1.29 is 18.7 Å². The van der Waals surface area contributed by atoms with Crippen LogP contribution < -0.4 is 10.1 Å². The lowest BCUT2D eigenvalue weighted by molar-refractivity contribution is 0.0596. The molecule has 2 aromatic rings. The summed E-state index contributed by atoms with van der Waals surface area (Å²) in [6, 6.07) is 4.43. The highest BCUT2D eigenvalue weighted by molar-refractivity contribution is 9.10. The van der Waals surface area contributed by atoms with Gasteiger partial charge >= 0.3 is 5.97 Å². The third-order valence-electron chi connectivity index (χ3n) is 3.04. The number of benzene rings is 1. The summed E-state index contributed by atoms with van der Waals surface area (Å²) in [5.74, 6) is -1.13. The molecule has 122 valence electrons. The van der Waals surface area contributed by atoms with Crippen LogP contribution in [0.3, 0.4) is 0 Å². The van der Waals surface area contributed by atoms with Crippen molar-refractivity contribution in [1.29, 1.82) is 0 Å². The number of carbonyl (C=O) groups excluding carboxylic acids is 1. The van der Waals surface area contributed by atoms with Crippen LogP contribution in [0, 0.1) is 5.82 Å². The Morgan fingerprint density at radius 2 is 2.17 bits per heavy atom. The van der Waals surface area contributed by atoms with Crippen LogP contribution in [0.15, 0.2) is 28.9 Å². The van der Waals surface area contributed by atoms with E-state index in [4.69, 9.17) is 16.3 Å². The van der Waals surface area contributed by atoms with Gasteiger partial charge in [0.25, 0.3) is 0 Å². The molecule has 0 aliphatic rings. The summed E-state index contributed by atoms with van der Waals surface area (Å²) < 4.78 is 24.3. The van der Waals surface area contributed by atoms with Gasteiger partial charge in [-0.15, -0.1) is 0 Å². The van der Waals surface area contributed by atoms with Crippen LogP contribution in [-0.4, -0.2) is 25.2 Å². The number of nitrogens with one attached hydrogen (secondary N) is 1. The van der Waals surface area contributed by atoms with Crippen molar-refractivity contribution in [2.75, 3.05) is 19.5 Å². The Morgan fingerprint density at radius 3 is 2.83 bits per heavy atom. The van der Waals surface area contributed by atoms with Crippen molar-refractivity contribution in [3.8, 4) is 5.88 Å². The number of hydrogen-bond donors (Lipinski definition) is 1. The molecule has 23 heavy (non-hydrogen) atoms. The van der Waals surface area contributed by atoms with E-state index in [1.807, 2.05) is 6.07 Å². The molecule has 1 aromatic heterocycles. The number of esters is 1. The minimum absolute atomic E-state index is 0.0428. The van der Waals surface area contributed by atoms with E-state index < -0.39 is 11.8 Å². The summed E-state index contributed by atoms with van der Waals surface area (Å²) in [6.07, 6.45) is 1.61. The summed E-state index contributed by atoms with van der Waals surface area (Å²) in [4.78, 5) is 15.7. The van der Waals surface area contributed by atoms with Crippen LogP contribution in [0.2, 0.25) is 5.02 Å². The van der Waals surface area contributed by atoms with Crippen molar-refractivity contribution >= 4 is 39.2 Å². The fraction of sp³-hybridized carbons (Fsp3) is 0.200. The van der Waals surface area contributed by atoms with Gasteiger partial charge in [0, 0.05) is 22.8 Å². The van der Waals surface area contributed by atoms with Crippen molar-refractivity contribution in [2.24, 2.45) is 0 Å². The molecule has 0 saturated carbocycles. The zero-order valence-corrected chi connectivity index (χ0v) is 14.7. The van der Waals surface area contributed by atoms with Crippen LogP contribution in [0.5, 0.6) is 5.88 Å². The van der Waals surface area contributed by atoms with Gasteiger partial charge in [-0.25, -0.2) is 14.2 Å². The number of aromatic nitrogens is 1. The second kappa shape index (κ2) is 7.61. The second-order valence-electron chi connectivity index (χ2n) is 4.45. The molecule has 8 heteroatoms. The van der Waals surface area contributed by atoms with E-state index in [-0.39, 0.29) is 10.6 Å². The highest BCUT2D eigenvalue weighted by Crippen LogP contribution is 2.30. The molecule has 2 rings (SSSR count). The van der Waals surface area contributed by atoms with Crippen LogP contribution in [-0.2, 0) is 11.3 Å². The minimum atomic E-state index is -0.835. The van der Waals surface area contributed by atoms with Gasteiger partial charge in [0.2, 0.25) is 5.88 Å². The van der Waals surface area contributed by atoms with E-state index in [1.165, 1.54) is 13.2 Å². The zero-order valence-electron chi connectivity index (χ0n) is 12.3. The monoisotopic (exact) mass is 402 g/mol. The van der Waals surface area contributed by atoms with Gasteiger partial charge in [-0.2, -0.15) is 0 Å². The number of carbonyl (C=O) groups is 1. The summed E-state index contributed by atoms with van der Waals surface area (Å²) in [6.45, 7) is 0.321. The van der Waals surface area contributed by atoms with Crippen LogP contribution >= 0.6 is 27.5 Å². The molecular weight excluding hydrogens is 391 g/mol. The largest absolute Gasteiger partial charge is 0.481 e. The van der Waals surface area contributed by atoms with Crippen molar-refractivity contribution in [3.63, 3.8) is 0 Å². The maximum atomic E-state index is 13.8. The Bertz CT molecular complexity index is 743. The molecule has 1 N–H and O–H groups in total. The van der Waals surface area contributed by atoms with Gasteiger partial charge in [0.1, 0.15) is 11.4 Å². The SMILES string of the molecule is COC(=O)c1c(F)ccc(NCc2cc(Br)cnc2OC)c1Cl. The standard InChI is InChI=1S/C15H13BrClFN2O3/c1-22-14-8(5-9(16)7-20-14)6-19-11-4-3-10(18)12(13(11)17)15(21)23-2/h3-5,7,19H,6H2,1-2H3. The Hall–Kier alpha value is -1.86. The molecule has 0 aliphatic carbocycles. The van der Waals surface area contributed by atoms with E-state index in [0.717, 1.165) is 23.2 Å². The predicted octanol–water partition coefficient (Wildman–Crippen LogP) is 4.04. The quantitative estimate of drug-likeness (QED) is 0.763. The third-order valence-corrected chi connectivity index (χ3v) is 3.86. The summed E-state index contributed by atoms with van der Waals surface area (Å²) in [5, 5.41) is 2.99. The average molecular weight is 404 g/mol. The van der Waals surface area contributed by atoms with Gasteiger partial charge in [-0.1, -0.05) is 11.6 Å². The molecule has 5 nitrogen and oxygen atoms in total. The lowest BCUT2D eigenvalue weighted by Crippen LogP contribution is -2.09. The predicted molar refractivity (Wildman–Crippen MR) is 88.6 cm³/mol. The second-order valence-corrected chi connectivity index (χ2v) is 5.74. The number of pyridine rings is 1. The van der Waals surface area contributed by atoms with Crippen LogP contribution in [0.4, 0.5) is 10.1 Å². The molecule has 0 unspecified atom stereocenters. The first-order valence-electron chi connectivity index (χ1n) is 6.46. The molecule has 0 atom stereocenters. The van der Waals surface area contributed by atoms with Crippen molar-refractivity contribution in [2.45, 2.75) is 6.54 Å². The summed E-state index contributed by atoms with van der Waals surface area (Å²) in [5.41, 5.74) is 0.857. The number of nitrogens with zero attached hydrogens (tertiary/aromatic N) is 1. The van der Waals surface area contributed by atoms with Crippen LogP contribution in [0.1, 0.15) is 15.9 Å². The molecule has 0 aliphatic heterocycles. The molecule has 0 amide bonds. The minimum Gasteiger partial charge on any atom is -0.481 e. The normalized spacial score (nSPS) is 10.3. The molecule has 0 bridgehead atoms. The molecule has 0 saturated heterocycles. The van der Waals surface area contributed by atoms with Crippen molar-refractivity contribution in [3.05, 3.63) is 50.8 Å². The maximum absolute atomic E-state index is 13.8. The number of rotatable bonds is 5. The van der Waals surface area contributed by atoms with Crippen molar-refractivity contribution in [1.82, 2.24) is 4.98 Å². The van der Waals surface area contributed by atoms with Gasteiger partial charge in [0.05, 0.1) is 24.9 Å². The van der Waals surface area contributed by atoms with Gasteiger partial charge in [-0.05, 0) is 34.1 Å². The molecule has 0 spiro atoms. The highest BCUT2D eigenvalue weighted by atomic mass is 79.9. The van der Waals surface area contributed by atoms with E-state index in [0.29, 0.717) is 18.1 Å². The first kappa shape index (κ1) is 17.5. The third kappa shape index (κ3) is 3.92. The van der Waals surface area contributed by atoms with E-state index >= 15 is 0 Å². The molecular formula is C15H13BrClFN2O3. The van der Waals surface area contributed by atoms with Crippen LogP contribution in [0.25, 0.3) is 0 Å². The van der Waals surface area contributed by atoms with E-state index in [1.54, 1.807) is 6.20 Å². The number of ether oxygens (including phenoxy) is 2. The first-order valence-corrected chi connectivity index (χ1v) is 7.63. The number of methoxy groups -OCH3 is 2. The van der Waals surface area contributed by atoms with E-state index in [9.17, 15) is 9.18 Å². The smallest absolute Gasteiger partial charge is 0.342 e. The van der Waals surface area contributed by atoms with Gasteiger partial charge < -0.3 is 14.8 Å². The Balaban J connectivity index is 2.28. The first-order chi connectivity index (χ1) is 11.0. The summed E-state index contributed by atoms with van der Waals surface area (Å²) >= 11 is 9.43. The molecule has 0 fully saturated rings. The Kier molecular flexibility index (Phi) is 5.79. The molecule has 1 aromatic carbocycles. The van der Waals surface area contributed by atoms with E-state index in [2.05, 4.69) is 31.0 Å². The number of hydrogen-bond acceptors (Lipinski definition) is 5. The molecule has 1 heterocycles. The Labute approximate surface area is 145 Å². The summed E-state index contributed by atoms with van der Waals surface area (Å²) in [7, 11) is 2.68. The number of anilines is 1. The fourth-order valence-corrected chi connectivity index (χ4v) is 2.62. The topological polar surface area (TPSA) is 60.5 Å². The molecule has 0 radical (unpaired) electrons. The Morgan fingerprint density at radius 1 is 1.43 bits per heavy atom. The lowest BCUT2D eigenvalue weighted by atomic mass is 10.1. The highest BCUT2D eigenvalue weighted by Gasteiger charge is 2.19. The van der Waals surface area contributed by atoms with Gasteiger partial charge in [-0.3, -0.25) is 0 Å². The maximum Gasteiger partial charge on any atom is 0.342 e. The number of halogens is 3. The fourth-order valence-electron chi connectivity index (χ4n) is 1.95. The van der Waals surface area contributed by atoms with Gasteiger partial charge in [0.15, 0.2) is 0 Å².